The maximum Gasteiger partial charge on any atom is 0.269 e. The number of anilines is 1. The highest BCUT2D eigenvalue weighted by Gasteiger charge is 2.24. The van der Waals surface area contributed by atoms with E-state index in [-0.39, 0.29) is 10.6 Å². The number of nitro groups is 1. The Balaban J connectivity index is 2.10. The van der Waals surface area contributed by atoms with Crippen molar-refractivity contribution in [1.82, 2.24) is 4.90 Å². The lowest BCUT2D eigenvalue weighted by atomic mass is 10.1. The number of nitro benzene ring substituents is 1. The average Bonchev–Trinajstić information content (AvgIpc) is 3.14. The monoisotopic (exact) mass is 249 g/mol. The van der Waals surface area contributed by atoms with E-state index in [1.165, 1.54) is 18.9 Å². The van der Waals surface area contributed by atoms with E-state index in [1.54, 1.807) is 12.1 Å². The van der Waals surface area contributed by atoms with Gasteiger partial charge >= 0.3 is 0 Å². The van der Waals surface area contributed by atoms with Gasteiger partial charge in [0, 0.05) is 30.9 Å². The van der Waals surface area contributed by atoms with E-state index < -0.39 is 0 Å². The molecule has 2 N–H and O–H groups in total. The van der Waals surface area contributed by atoms with Crippen molar-refractivity contribution in [3.63, 3.8) is 0 Å². The Hall–Kier alpha value is -1.62. The van der Waals surface area contributed by atoms with Gasteiger partial charge < -0.3 is 5.73 Å². The minimum absolute atomic E-state index is 0.113. The lowest BCUT2D eigenvalue weighted by Crippen LogP contribution is -2.25. The Bertz CT molecular complexity index is 444. The third kappa shape index (κ3) is 3.20. The molecule has 1 saturated carbocycles. The molecule has 0 bridgehead atoms. The Labute approximate surface area is 107 Å². The summed E-state index contributed by atoms with van der Waals surface area (Å²) in [5.41, 5.74) is 7.49. The second-order valence-electron chi connectivity index (χ2n) is 4.91. The maximum absolute atomic E-state index is 10.8. The van der Waals surface area contributed by atoms with Crippen LogP contribution in [0.4, 0.5) is 11.4 Å². The van der Waals surface area contributed by atoms with Gasteiger partial charge in [0.05, 0.1) is 4.92 Å². The molecule has 0 heterocycles. The largest absolute Gasteiger partial charge is 0.398 e. The van der Waals surface area contributed by atoms with Crippen molar-refractivity contribution < 1.29 is 4.92 Å². The molecular weight excluding hydrogens is 230 g/mol. The standard InChI is InChI=1S/C13H19N3O2/c1-2-15(8-10-3-4-10)9-11-7-12(16(17)18)5-6-13(11)14/h5-7,10H,2-4,8-9,14H2,1H3. The van der Waals surface area contributed by atoms with E-state index in [9.17, 15) is 10.1 Å². The van der Waals surface area contributed by atoms with Crippen molar-refractivity contribution >= 4 is 11.4 Å². The van der Waals surface area contributed by atoms with E-state index in [1.807, 2.05) is 0 Å². The number of benzene rings is 1. The summed E-state index contributed by atoms with van der Waals surface area (Å²) in [6.07, 6.45) is 2.61. The van der Waals surface area contributed by atoms with Crippen LogP contribution in [0.25, 0.3) is 0 Å². The Kier molecular flexibility index (Phi) is 3.81. The Morgan fingerprint density at radius 2 is 2.22 bits per heavy atom. The molecule has 1 fully saturated rings. The Morgan fingerprint density at radius 1 is 1.50 bits per heavy atom. The van der Waals surface area contributed by atoms with Crippen molar-refractivity contribution in [2.75, 3.05) is 18.8 Å². The molecule has 98 valence electrons. The molecule has 18 heavy (non-hydrogen) atoms. The molecule has 0 atom stereocenters. The zero-order chi connectivity index (χ0) is 13.1. The Morgan fingerprint density at radius 3 is 2.78 bits per heavy atom. The van der Waals surface area contributed by atoms with E-state index in [0.29, 0.717) is 12.2 Å². The zero-order valence-electron chi connectivity index (χ0n) is 10.6. The van der Waals surface area contributed by atoms with Crippen LogP contribution in [0, 0.1) is 16.0 Å². The normalized spacial score (nSPS) is 15.0. The summed E-state index contributed by atoms with van der Waals surface area (Å²) in [6, 6.07) is 4.67. The number of hydrogen-bond acceptors (Lipinski definition) is 4. The van der Waals surface area contributed by atoms with Gasteiger partial charge in [0.25, 0.3) is 5.69 Å². The molecule has 0 saturated heterocycles. The summed E-state index contributed by atoms with van der Waals surface area (Å²) in [4.78, 5) is 12.7. The fourth-order valence-electron chi connectivity index (χ4n) is 2.05. The molecule has 1 aliphatic carbocycles. The highest BCUT2D eigenvalue weighted by atomic mass is 16.6. The molecule has 0 aliphatic heterocycles. The lowest BCUT2D eigenvalue weighted by molar-refractivity contribution is -0.384. The zero-order valence-corrected chi connectivity index (χ0v) is 10.6. The molecule has 5 nitrogen and oxygen atoms in total. The van der Waals surface area contributed by atoms with Crippen molar-refractivity contribution in [2.45, 2.75) is 26.3 Å². The topological polar surface area (TPSA) is 72.4 Å². The molecule has 5 heteroatoms. The minimum Gasteiger partial charge on any atom is -0.398 e. The van der Waals surface area contributed by atoms with Crippen LogP contribution in [0.15, 0.2) is 18.2 Å². The van der Waals surface area contributed by atoms with E-state index in [0.717, 1.165) is 24.6 Å². The van der Waals surface area contributed by atoms with E-state index in [4.69, 9.17) is 5.73 Å². The maximum atomic E-state index is 10.8. The molecule has 1 aromatic carbocycles. The van der Waals surface area contributed by atoms with Crippen LogP contribution in [0.3, 0.4) is 0 Å². The smallest absolute Gasteiger partial charge is 0.269 e. The molecule has 0 unspecified atom stereocenters. The highest BCUT2D eigenvalue weighted by Crippen LogP contribution is 2.30. The van der Waals surface area contributed by atoms with Gasteiger partial charge in [0.15, 0.2) is 0 Å². The fraction of sp³-hybridized carbons (Fsp3) is 0.538. The van der Waals surface area contributed by atoms with Gasteiger partial charge in [-0.15, -0.1) is 0 Å². The molecule has 1 aliphatic rings. The van der Waals surface area contributed by atoms with Gasteiger partial charge in [-0.3, -0.25) is 15.0 Å². The molecule has 0 aromatic heterocycles. The molecule has 2 rings (SSSR count). The van der Waals surface area contributed by atoms with Gasteiger partial charge in [0.2, 0.25) is 0 Å². The van der Waals surface area contributed by atoms with Crippen molar-refractivity contribution in [3.05, 3.63) is 33.9 Å². The van der Waals surface area contributed by atoms with Gasteiger partial charge in [-0.25, -0.2) is 0 Å². The van der Waals surface area contributed by atoms with Gasteiger partial charge in [-0.05, 0) is 36.9 Å². The first-order valence-corrected chi connectivity index (χ1v) is 6.35. The fourth-order valence-corrected chi connectivity index (χ4v) is 2.05. The number of hydrogen-bond donors (Lipinski definition) is 1. The predicted octanol–water partition coefficient (Wildman–Crippen LogP) is 2.41. The van der Waals surface area contributed by atoms with Crippen LogP contribution in [-0.2, 0) is 6.54 Å². The molecule has 0 radical (unpaired) electrons. The number of rotatable bonds is 6. The minimum atomic E-state index is -0.375. The summed E-state index contributed by atoms with van der Waals surface area (Å²) in [7, 11) is 0. The van der Waals surface area contributed by atoms with Crippen LogP contribution in [-0.4, -0.2) is 22.9 Å². The van der Waals surface area contributed by atoms with Crippen LogP contribution in [0.1, 0.15) is 25.3 Å². The summed E-state index contributed by atoms with van der Waals surface area (Å²) in [5, 5.41) is 10.8. The lowest BCUT2D eigenvalue weighted by Gasteiger charge is -2.20. The quantitative estimate of drug-likeness (QED) is 0.477. The first kappa shape index (κ1) is 12.8. The van der Waals surface area contributed by atoms with Gasteiger partial charge in [-0.2, -0.15) is 0 Å². The van der Waals surface area contributed by atoms with Crippen molar-refractivity contribution in [3.8, 4) is 0 Å². The van der Waals surface area contributed by atoms with E-state index >= 15 is 0 Å². The summed E-state index contributed by atoms with van der Waals surface area (Å²) < 4.78 is 0. The van der Waals surface area contributed by atoms with Crippen molar-refractivity contribution in [1.29, 1.82) is 0 Å². The molecule has 0 spiro atoms. The number of nitrogen functional groups attached to an aromatic ring is 1. The number of nitrogens with zero attached hydrogens (tertiary/aromatic N) is 2. The third-order valence-corrected chi connectivity index (χ3v) is 3.39. The highest BCUT2D eigenvalue weighted by molar-refractivity contribution is 5.52. The second kappa shape index (κ2) is 5.35. The van der Waals surface area contributed by atoms with Crippen LogP contribution >= 0.6 is 0 Å². The first-order valence-electron chi connectivity index (χ1n) is 6.35. The first-order chi connectivity index (χ1) is 8.60. The van der Waals surface area contributed by atoms with Gasteiger partial charge in [-0.1, -0.05) is 6.92 Å². The molecule has 0 amide bonds. The van der Waals surface area contributed by atoms with Crippen molar-refractivity contribution in [2.24, 2.45) is 5.92 Å². The molecular formula is C13H19N3O2. The van der Waals surface area contributed by atoms with Crippen LogP contribution < -0.4 is 5.73 Å². The average molecular weight is 249 g/mol. The number of nitrogens with two attached hydrogens (primary N) is 1. The van der Waals surface area contributed by atoms with E-state index in [2.05, 4.69) is 11.8 Å². The summed E-state index contributed by atoms with van der Waals surface area (Å²) in [6.45, 7) is 4.81. The SMILES string of the molecule is CCN(Cc1cc([N+](=O)[O-])ccc1N)CC1CC1. The summed E-state index contributed by atoms with van der Waals surface area (Å²) >= 11 is 0. The van der Waals surface area contributed by atoms with Gasteiger partial charge in [0.1, 0.15) is 0 Å². The second-order valence-corrected chi connectivity index (χ2v) is 4.91. The van der Waals surface area contributed by atoms with Crippen LogP contribution in [0.5, 0.6) is 0 Å². The van der Waals surface area contributed by atoms with Crippen LogP contribution in [0.2, 0.25) is 0 Å². The molecule has 1 aromatic rings. The third-order valence-electron chi connectivity index (χ3n) is 3.39. The summed E-state index contributed by atoms with van der Waals surface area (Å²) in [5.74, 6) is 0.810. The predicted molar refractivity (Wildman–Crippen MR) is 71.2 cm³/mol. The number of non-ortho nitro benzene ring substituents is 1.